The highest BCUT2D eigenvalue weighted by atomic mass is 32.1. The third-order valence-corrected chi connectivity index (χ3v) is 2.96. The summed E-state index contributed by atoms with van der Waals surface area (Å²) in [7, 11) is 0. The van der Waals surface area contributed by atoms with E-state index in [1.807, 2.05) is 12.3 Å². The number of ether oxygens (including phenoxy) is 1. The average molecular weight is 249 g/mol. The highest BCUT2D eigenvalue weighted by Crippen LogP contribution is 2.21. The molecular weight excluding hydrogens is 238 g/mol. The van der Waals surface area contributed by atoms with Gasteiger partial charge in [0.1, 0.15) is 22.9 Å². The van der Waals surface area contributed by atoms with Gasteiger partial charge in [0.15, 0.2) is 0 Å². The summed E-state index contributed by atoms with van der Waals surface area (Å²) in [5.74, 6) is -0.605. The third kappa shape index (κ3) is 2.82. The predicted molar refractivity (Wildman–Crippen MR) is 64.6 cm³/mol. The molecule has 0 fully saturated rings. The van der Waals surface area contributed by atoms with Crippen molar-refractivity contribution in [3.05, 3.63) is 45.9 Å². The SMILES string of the molecule is Cc1ccc(C(=O)O)c(OCc2nccs2)c1. The first-order valence-corrected chi connectivity index (χ1v) is 5.90. The summed E-state index contributed by atoms with van der Waals surface area (Å²) in [4.78, 5) is 15.1. The standard InChI is InChI=1S/C12H11NO3S/c1-8-2-3-9(12(14)15)10(6-8)16-7-11-13-4-5-17-11/h2-6H,7H2,1H3,(H,14,15). The highest BCUT2D eigenvalue weighted by Gasteiger charge is 2.11. The molecule has 5 heteroatoms. The fraction of sp³-hybridized carbons (Fsp3) is 0.167. The van der Waals surface area contributed by atoms with E-state index >= 15 is 0 Å². The van der Waals surface area contributed by atoms with Crippen LogP contribution in [0.3, 0.4) is 0 Å². The van der Waals surface area contributed by atoms with Crippen LogP contribution in [0, 0.1) is 6.92 Å². The lowest BCUT2D eigenvalue weighted by atomic mass is 10.1. The van der Waals surface area contributed by atoms with Crippen molar-refractivity contribution in [3.63, 3.8) is 0 Å². The number of nitrogens with zero attached hydrogens (tertiary/aromatic N) is 1. The van der Waals surface area contributed by atoms with E-state index in [-0.39, 0.29) is 5.56 Å². The minimum atomic E-state index is -0.987. The molecule has 0 aliphatic rings. The van der Waals surface area contributed by atoms with Crippen LogP contribution in [-0.2, 0) is 6.61 Å². The Balaban J connectivity index is 2.19. The number of aromatic nitrogens is 1. The number of carboxylic acid groups (broad SMARTS) is 1. The Hall–Kier alpha value is -1.88. The maximum atomic E-state index is 11.0. The van der Waals surface area contributed by atoms with Crippen molar-refractivity contribution in [1.29, 1.82) is 0 Å². The lowest BCUT2D eigenvalue weighted by molar-refractivity contribution is 0.0692. The molecule has 0 spiro atoms. The Morgan fingerprint density at radius 1 is 1.53 bits per heavy atom. The van der Waals surface area contributed by atoms with Crippen molar-refractivity contribution in [2.24, 2.45) is 0 Å². The molecule has 0 bridgehead atoms. The molecule has 0 saturated carbocycles. The van der Waals surface area contributed by atoms with Crippen LogP contribution >= 0.6 is 11.3 Å². The zero-order valence-corrected chi connectivity index (χ0v) is 10.0. The fourth-order valence-electron chi connectivity index (χ4n) is 1.39. The van der Waals surface area contributed by atoms with Crippen LogP contribution in [-0.4, -0.2) is 16.1 Å². The molecule has 0 amide bonds. The minimum Gasteiger partial charge on any atom is -0.486 e. The van der Waals surface area contributed by atoms with Gasteiger partial charge in [-0.15, -0.1) is 11.3 Å². The van der Waals surface area contributed by atoms with Crippen LogP contribution in [0.2, 0.25) is 0 Å². The molecule has 0 aliphatic carbocycles. The van der Waals surface area contributed by atoms with Crippen LogP contribution in [0.5, 0.6) is 5.75 Å². The summed E-state index contributed by atoms with van der Waals surface area (Å²) in [5, 5.41) is 11.7. The predicted octanol–water partition coefficient (Wildman–Crippen LogP) is 2.73. The largest absolute Gasteiger partial charge is 0.486 e. The fourth-order valence-corrected chi connectivity index (χ4v) is 1.92. The zero-order chi connectivity index (χ0) is 12.3. The molecule has 17 heavy (non-hydrogen) atoms. The summed E-state index contributed by atoms with van der Waals surface area (Å²) < 4.78 is 5.49. The number of carbonyl (C=O) groups is 1. The van der Waals surface area contributed by atoms with Crippen molar-refractivity contribution >= 4 is 17.3 Å². The van der Waals surface area contributed by atoms with Gasteiger partial charge in [-0.3, -0.25) is 0 Å². The maximum absolute atomic E-state index is 11.0. The van der Waals surface area contributed by atoms with E-state index in [1.165, 1.54) is 11.3 Å². The molecule has 1 aromatic heterocycles. The maximum Gasteiger partial charge on any atom is 0.339 e. The van der Waals surface area contributed by atoms with Crippen molar-refractivity contribution < 1.29 is 14.6 Å². The number of rotatable bonds is 4. The molecule has 0 aliphatic heterocycles. The van der Waals surface area contributed by atoms with E-state index in [1.54, 1.807) is 24.4 Å². The number of aromatic carboxylic acids is 1. The number of carboxylic acids is 1. The Bertz CT molecular complexity index is 523. The Labute approximate surface area is 103 Å². The number of benzene rings is 1. The van der Waals surface area contributed by atoms with Crippen LogP contribution in [0.1, 0.15) is 20.9 Å². The zero-order valence-electron chi connectivity index (χ0n) is 9.21. The van der Waals surface area contributed by atoms with Crippen LogP contribution in [0.15, 0.2) is 29.8 Å². The topological polar surface area (TPSA) is 59.4 Å². The van der Waals surface area contributed by atoms with E-state index in [9.17, 15) is 4.79 Å². The molecular formula is C12H11NO3S. The van der Waals surface area contributed by atoms with Gasteiger partial charge in [-0.2, -0.15) is 0 Å². The minimum absolute atomic E-state index is 0.173. The second kappa shape index (κ2) is 4.97. The van der Waals surface area contributed by atoms with Gasteiger partial charge in [-0.05, 0) is 24.6 Å². The van der Waals surface area contributed by atoms with Crippen molar-refractivity contribution in [1.82, 2.24) is 4.98 Å². The van der Waals surface area contributed by atoms with Crippen molar-refractivity contribution in [3.8, 4) is 5.75 Å². The van der Waals surface area contributed by atoms with Gasteiger partial charge in [0.25, 0.3) is 0 Å². The first kappa shape index (κ1) is 11.6. The lowest BCUT2D eigenvalue weighted by Crippen LogP contribution is -2.03. The molecule has 4 nitrogen and oxygen atoms in total. The molecule has 88 valence electrons. The van der Waals surface area contributed by atoms with E-state index in [2.05, 4.69) is 4.98 Å². The van der Waals surface area contributed by atoms with Crippen LogP contribution in [0.4, 0.5) is 0 Å². The Kier molecular flexibility index (Phi) is 3.39. The molecule has 2 rings (SSSR count). The van der Waals surface area contributed by atoms with Gasteiger partial charge < -0.3 is 9.84 Å². The summed E-state index contributed by atoms with van der Waals surface area (Å²) in [5.41, 5.74) is 1.14. The van der Waals surface area contributed by atoms with Gasteiger partial charge in [0.05, 0.1) is 0 Å². The first-order chi connectivity index (χ1) is 8.16. The lowest BCUT2D eigenvalue weighted by Gasteiger charge is -2.08. The second-order valence-electron chi connectivity index (χ2n) is 3.52. The molecule has 0 radical (unpaired) electrons. The third-order valence-electron chi connectivity index (χ3n) is 2.20. The quantitative estimate of drug-likeness (QED) is 0.905. The number of aryl methyl sites for hydroxylation is 1. The molecule has 0 unspecified atom stereocenters. The summed E-state index contributed by atoms with van der Waals surface area (Å²) >= 11 is 1.48. The number of thiazole rings is 1. The smallest absolute Gasteiger partial charge is 0.339 e. The van der Waals surface area contributed by atoms with Gasteiger partial charge in [-0.25, -0.2) is 9.78 Å². The van der Waals surface area contributed by atoms with Gasteiger partial charge in [0, 0.05) is 11.6 Å². The molecule has 0 saturated heterocycles. The van der Waals surface area contributed by atoms with Gasteiger partial charge in [0.2, 0.25) is 0 Å². The Morgan fingerprint density at radius 3 is 3.00 bits per heavy atom. The normalized spacial score (nSPS) is 10.2. The molecule has 2 aromatic rings. The molecule has 1 aromatic carbocycles. The summed E-state index contributed by atoms with van der Waals surface area (Å²) in [6.45, 7) is 2.18. The molecule has 0 atom stereocenters. The average Bonchev–Trinajstić information content (AvgIpc) is 2.78. The van der Waals surface area contributed by atoms with Crippen molar-refractivity contribution in [2.45, 2.75) is 13.5 Å². The van der Waals surface area contributed by atoms with Crippen molar-refractivity contribution in [2.75, 3.05) is 0 Å². The first-order valence-electron chi connectivity index (χ1n) is 5.02. The van der Waals surface area contributed by atoms with Gasteiger partial charge >= 0.3 is 5.97 Å². The van der Waals surface area contributed by atoms with E-state index in [4.69, 9.17) is 9.84 Å². The van der Waals surface area contributed by atoms with E-state index in [0.717, 1.165) is 10.6 Å². The van der Waals surface area contributed by atoms with Crippen LogP contribution < -0.4 is 4.74 Å². The number of hydrogen-bond donors (Lipinski definition) is 1. The van der Waals surface area contributed by atoms with E-state index in [0.29, 0.717) is 12.4 Å². The summed E-state index contributed by atoms with van der Waals surface area (Å²) in [6.07, 6.45) is 1.69. The molecule has 1 N–H and O–H groups in total. The summed E-state index contributed by atoms with van der Waals surface area (Å²) in [6, 6.07) is 5.02. The molecule has 1 heterocycles. The van der Waals surface area contributed by atoms with Gasteiger partial charge in [-0.1, -0.05) is 6.07 Å². The Morgan fingerprint density at radius 2 is 2.35 bits per heavy atom. The number of hydrogen-bond acceptors (Lipinski definition) is 4. The second-order valence-corrected chi connectivity index (χ2v) is 4.50. The van der Waals surface area contributed by atoms with E-state index < -0.39 is 5.97 Å². The highest BCUT2D eigenvalue weighted by molar-refractivity contribution is 7.09. The monoisotopic (exact) mass is 249 g/mol. The van der Waals surface area contributed by atoms with Crippen LogP contribution in [0.25, 0.3) is 0 Å².